The van der Waals surface area contributed by atoms with Crippen molar-refractivity contribution in [2.24, 2.45) is 7.05 Å². The highest BCUT2D eigenvalue weighted by atomic mass is 32.1. The van der Waals surface area contributed by atoms with Crippen molar-refractivity contribution >= 4 is 23.3 Å². The predicted molar refractivity (Wildman–Crippen MR) is 91.2 cm³/mol. The molecular formula is C17H21N3O2S. The summed E-state index contributed by atoms with van der Waals surface area (Å²) in [6.45, 7) is 4.51. The van der Waals surface area contributed by atoms with Gasteiger partial charge in [-0.2, -0.15) is 5.10 Å². The maximum atomic E-state index is 12.5. The van der Waals surface area contributed by atoms with Crippen molar-refractivity contribution in [1.82, 2.24) is 14.7 Å². The zero-order chi connectivity index (χ0) is 16.2. The highest BCUT2D eigenvalue weighted by Crippen LogP contribution is 2.27. The first-order chi connectivity index (χ1) is 11.2. The summed E-state index contributed by atoms with van der Waals surface area (Å²) in [5, 5.41) is 6.55. The van der Waals surface area contributed by atoms with Gasteiger partial charge in [-0.25, -0.2) is 0 Å². The Labute approximate surface area is 140 Å². The molecule has 3 rings (SSSR count). The van der Waals surface area contributed by atoms with E-state index in [4.69, 9.17) is 4.74 Å². The van der Waals surface area contributed by atoms with Crippen LogP contribution in [0.4, 0.5) is 0 Å². The number of thiophene rings is 1. The van der Waals surface area contributed by atoms with E-state index in [1.807, 2.05) is 53.3 Å². The lowest BCUT2D eigenvalue weighted by Crippen LogP contribution is -2.38. The van der Waals surface area contributed by atoms with Crippen molar-refractivity contribution in [1.29, 1.82) is 0 Å². The van der Waals surface area contributed by atoms with E-state index in [1.165, 1.54) is 0 Å². The molecule has 0 aromatic carbocycles. The molecule has 1 unspecified atom stereocenters. The van der Waals surface area contributed by atoms with Crippen molar-refractivity contribution in [3.8, 4) is 0 Å². The lowest BCUT2D eigenvalue weighted by molar-refractivity contribution is -0.127. The maximum Gasteiger partial charge on any atom is 0.246 e. The summed E-state index contributed by atoms with van der Waals surface area (Å²) >= 11 is 1.62. The third-order valence-corrected chi connectivity index (χ3v) is 4.73. The molecule has 1 aliphatic heterocycles. The Balaban J connectivity index is 1.74. The van der Waals surface area contributed by atoms with Crippen molar-refractivity contribution in [2.45, 2.75) is 19.4 Å². The monoisotopic (exact) mass is 331 g/mol. The first-order valence-electron chi connectivity index (χ1n) is 7.78. The second-order valence-electron chi connectivity index (χ2n) is 5.64. The van der Waals surface area contributed by atoms with E-state index >= 15 is 0 Å². The van der Waals surface area contributed by atoms with Gasteiger partial charge in [0.25, 0.3) is 0 Å². The van der Waals surface area contributed by atoms with Gasteiger partial charge in [-0.15, -0.1) is 11.3 Å². The van der Waals surface area contributed by atoms with Gasteiger partial charge in [0.05, 0.1) is 12.3 Å². The molecule has 2 aromatic heterocycles. The summed E-state index contributed by atoms with van der Waals surface area (Å²) in [6.07, 6.45) is 5.53. The van der Waals surface area contributed by atoms with Crippen molar-refractivity contribution in [3.05, 3.63) is 45.9 Å². The van der Waals surface area contributed by atoms with Crippen molar-refractivity contribution in [3.63, 3.8) is 0 Å². The van der Waals surface area contributed by atoms with Crippen LogP contribution in [0.5, 0.6) is 0 Å². The molecule has 23 heavy (non-hydrogen) atoms. The molecule has 2 aromatic rings. The summed E-state index contributed by atoms with van der Waals surface area (Å²) < 4.78 is 7.40. The predicted octanol–water partition coefficient (Wildman–Crippen LogP) is 2.66. The van der Waals surface area contributed by atoms with Gasteiger partial charge in [-0.3, -0.25) is 9.48 Å². The normalized spacial score (nSPS) is 17.7. The molecule has 0 saturated carbocycles. The topological polar surface area (TPSA) is 47.4 Å². The Kier molecular flexibility index (Phi) is 4.93. The van der Waals surface area contributed by atoms with Gasteiger partial charge < -0.3 is 9.64 Å². The lowest BCUT2D eigenvalue weighted by Gasteiger charge is -2.31. The molecule has 0 radical (unpaired) electrons. The third kappa shape index (κ3) is 3.71. The molecule has 0 N–H and O–H groups in total. The van der Waals surface area contributed by atoms with Crippen molar-refractivity contribution < 1.29 is 9.53 Å². The molecule has 1 amide bonds. The number of rotatable bonds is 5. The van der Waals surface area contributed by atoms with Crippen LogP contribution in [0.2, 0.25) is 0 Å². The van der Waals surface area contributed by atoms with Gasteiger partial charge in [0, 0.05) is 55.4 Å². The quantitative estimate of drug-likeness (QED) is 0.792. The molecule has 0 saturated heterocycles. The number of hydrogen-bond donors (Lipinski definition) is 0. The first kappa shape index (κ1) is 16.0. The van der Waals surface area contributed by atoms with E-state index < -0.39 is 0 Å². The summed E-state index contributed by atoms with van der Waals surface area (Å²) in [4.78, 5) is 15.5. The molecule has 0 spiro atoms. The zero-order valence-electron chi connectivity index (χ0n) is 13.4. The fraction of sp³-hybridized carbons (Fsp3) is 0.412. The van der Waals surface area contributed by atoms with Gasteiger partial charge in [0.1, 0.15) is 0 Å². The Bertz CT molecular complexity index is 691. The number of ether oxygens (including phenoxy) is 1. The van der Waals surface area contributed by atoms with E-state index in [1.54, 1.807) is 17.4 Å². The fourth-order valence-corrected chi connectivity index (χ4v) is 3.47. The largest absolute Gasteiger partial charge is 0.381 e. The van der Waals surface area contributed by atoms with Gasteiger partial charge in [0.15, 0.2) is 0 Å². The Morgan fingerprint density at radius 2 is 2.43 bits per heavy atom. The maximum absolute atomic E-state index is 12.5. The number of carbonyl (C=O) groups excluding carboxylic acids is 1. The second-order valence-corrected chi connectivity index (χ2v) is 6.62. The highest BCUT2D eigenvalue weighted by Gasteiger charge is 2.30. The average Bonchev–Trinajstić information content (AvgIpc) is 3.18. The Morgan fingerprint density at radius 3 is 3.17 bits per heavy atom. The minimum absolute atomic E-state index is 0.0365. The first-order valence-corrected chi connectivity index (χ1v) is 8.66. The van der Waals surface area contributed by atoms with E-state index in [0.29, 0.717) is 26.3 Å². The highest BCUT2D eigenvalue weighted by molar-refractivity contribution is 7.10. The summed E-state index contributed by atoms with van der Waals surface area (Å²) in [6, 6.07) is 3.98. The van der Waals surface area contributed by atoms with Crippen LogP contribution in [0.15, 0.2) is 29.8 Å². The molecular weight excluding hydrogens is 310 g/mol. The Morgan fingerprint density at radius 1 is 1.57 bits per heavy atom. The SMILES string of the molecule is CCOCC1CN(C(=O)/C=C/c2cccs2)Cc2cn(C)nc21. The van der Waals surface area contributed by atoms with Crippen LogP contribution in [-0.2, 0) is 23.1 Å². The lowest BCUT2D eigenvalue weighted by atomic mass is 9.97. The van der Waals surface area contributed by atoms with Crippen LogP contribution in [0.3, 0.4) is 0 Å². The number of fused-ring (bicyclic) bond motifs is 1. The molecule has 0 fully saturated rings. The van der Waals surface area contributed by atoms with Crippen LogP contribution >= 0.6 is 11.3 Å². The standard InChI is InChI=1S/C17H21N3O2S/c1-3-22-12-14-11-20(10-13-9-19(2)18-17(13)14)16(21)7-6-15-5-4-8-23-15/h4-9,14H,3,10-12H2,1-2H3/b7-6+. The van der Waals surface area contributed by atoms with E-state index in [9.17, 15) is 4.79 Å². The van der Waals surface area contributed by atoms with E-state index in [-0.39, 0.29) is 11.8 Å². The van der Waals surface area contributed by atoms with Crippen LogP contribution in [0, 0.1) is 0 Å². The number of amides is 1. The number of hydrogen-bond acceptors (Lipinski definition) is 4. The fourth-order valence-electron chi connectivity index (χ4n) is 2.85. The van der Waals surface area contributed by atoms with Crippen LogP contribution in [-0.4, -0.2) is 40.3 Å². The summed E-state index contributed by atoms with van der Waals surface area (Å²) in [7, 11) is 1.92. The van der Waals surface area contributed by atoms with Crippen LogP contribution in [0.1, 0.15) is 29.0 Å². The van der Waals surface area contributed by atoms with Crippen molar-refractivity contribution in [2.75, 3.05) is 19.8 Å². The molecule has 0 aliphatic carbocycles. The van der Waals surface area contributed by atoms with Gasteiger partial charge in [-0.05, 0) is 24.4 Å². The number of aromatic nitrogens is 2. The zero-order valence-corrected chi connectivity index (χ0v) is 14.3. The number of nitrogens with zero attached hydrogens (tertiary/aromatic N) is 3. The molecule has 3 heterocycles. The summed E-state index contributed by atoms with van der Waals surface area (Å²) in [5.74, 6) is 0.174. The minimum atomic E-state index is 0.0365. The minimum Gasteiger partial charge on any atom is -0.381 e. The van der Waals surface area contributed by atoms with Gasteiger partial charge in [0.2, 0.25) is 5.91 Å². The summed E-state index contributed by atoms with van der Waals surface area (Å²) in [5.41, 5.74) is 2.17. The molecule has 1 atom stereocenters. The molecule has 0 bridgehead atoms. The smallest absolute Gasteiger partial charge is 0.246 e. The number of aryl methyl sites for hydroxylation is 1. The third-order valence-electron chi connectivity index (χ3n) is 3.89. The van der Waals surface area contributed by atoms with Gasteiger partial charge in [-0.1, -0.05) is 6.07 Å². The van der Waals surface area contributed by atoms with E-state index in [0.717, 1.165) is 16.1 Å². The molecule has 122 valence electrons. The van der Waals surface area contributed by atoms with E-state index in [2.05, 4.69) is 5.10 Å². The number of carbonyl (C=O) groups is 1. The Hall–Kier alpha value is -1.92. The molecule has 5 nitrogen and oxygen atoms in total. The second kappa shape index (κ2) is 7.10. The van der Waals surface area contributed by atoms with Gasteiger partial charge >= 0.3 is 0 Å². The molecule has 6 heteroatoms. The molecule has 1 aliphatic rings. The van der Waals surface area contributed by atoms with Crippen LogP contribution < -0.4 is 0 Å². The van der Waals surface area contributed by atoms with Crippen LogP contribution in [0.25, 0.3) is 6.08 Å². The average molecular weight is 331 g/mol.